The van der Waals surface area contributed by atoms with Gasteiger partial charge in [0.1, 0.15) is 0 Å². The van der Waals surface area contributed by atoms with E-state index in [0.717, 1.165) is 28.6 Å². The molecule has 1 aromatic heterocycles. The number of aryl methyl sites for hydroxylation is 2. The zero-order valence-corrected chi connectivity index (χ0v) is 12.1. The van der Waals surface area contributed by atoms with E-state index in [-0.39, 0.29) is 0 Å². The van der Waals surface area contributed by atoms with Crippen molar-refractivity contribution in [3.63, 3.8) is 0 Å². The van der Waals surface area contributed by atoms with Crippen LogP contribution in [0, 0.1) is 13.8 Å². The molecule has 17 heavy (non-hydrogen) atoms. The molecule has 1 aromatic carbocycles. The van der Waals surface area contributed by atoms with Crippen LogP contribution in [-0.4, -0.2) is 11.5 Å². The molecule has 0 aliphatic rings. The molecule has 0 aliphatic carbocycles. The first-order valence-electron chi connectivity index (χ1n) is 5.93. The molecule has 2 rings (SSSR count). The quantitative estimate of drug-likeness (QED) is 0.905. The van der Waals surface area contributed by atoms with Gasteiger partial charge in [-0.25, -0.2) is 0 Å². The van der Waals surface area contributed by atoms with E-state index in [1.165, 1.54) is 16.6 Å². The highest BCUT2D eigenvalue weighted by Crippen LogP contribution is 2.29. The lowest BCUT2D eigenvalue weighted by Crippen LogP contribution is -2.02. The number of fused-ring (bicyclic) bond motifs is 1. The van der Waals surface area contributed by atoms with E-state index in [4.69, 9.17) is 0 Å². The normalized spacial score (nSPS) is 10.8. The van der Waals surface area contributed by atoms with Crippen molar-refractivity contribution >= 4 is 32.5 Å². The van der Waals surface area contributed by atoms with Crippen LogP contribution in [0.1, 0.15) is 24.6 Å². The van der Waals surface area contributed by atoms with Crippen LogP contribution in [0.15, 0.2) is 22.7 Å². The van der Waals surface area contributed by atoms with Crippen LogP contribution in [0.25, 0.3) is 10.9 Å². The first kappa shape index (κ1) is 12.4. The lowest BCUT2D eigenvalue weighted by atomic mass is 10.1. The summed E-state index contributed by atoms with van der Waals surface area (Å²) >= 11 is 3.56. The molecular weight excluding hydrogens is 276 g/mol. The third-order valence-electron chi connectivity index (χ3n) is 2.86. The van der Waals surface area contributed by atoms with Crippen LogP contribution >= 0.6 is 15.9 Å². The van der Waals surface area contributed by atoms with Gasteiger partial charge in [-0.15, -0.1) is 0 Å². The maximum atomic E-state index is 4.63. The SMILES string of the molecule is CCCNc1cc(C)nc2c(C)c(Br)ccc12. The van der Waals surface area contributed by atoms with Crippen LogP contribution in [0.5, 0.6) is 0 Å². The number of halogens is 1. The molecule has 1 N–H and O–H groups in total. The first-order valence-corrected chi connectivity index (χ1v) is 6.73. The molecule has 0 saturated heterocycles. The molecule has 0 aliphatic heterocycles. The summed E-state index contributed by atoms with van der Waals surface area (Å²) < 4.78 is 1.12. The van der Waals surface area contributed by atoms with E-state index in [9.17, 15) is 0 Å². The van der Waals surface area contributed by atoms with Crippen molar-refractivity contribution in [2.45, 2.75) is 27.2 Å². The number of nitrogens with one attached hydrogen (secondary N) is 1. The summed E-state index contributed by atoms with van der Waals surface area (Å²) in [5.74, 6) is 0. The number of hydrogen-bond donors (Lipinski definition) is 1. The van der Waals surface area contributed by atoms with Gasteiger partial charge in [-0.3, -0.25) is 4.98 Å². The summed E-state index contributed by atoms with van der Waals surface area (Å²) in [5, 5.41) is 4.67. The van der Waals surface area contributed by atoms with Crippen LogP contribution in [0.2, 0.25) is 0 Å². The largest absolute Gasteiger partial charge is 0.384 e. The molecule has 0 saturated carbocycles. The van der Waals surface area contributed by atoms with Gasteiger partial charge in [-0.05, 0) is 44.0 Å². The van der Waals surface area contributed by atoms with E-state index in [1.807, 2.05) is 6.92 Å². The maximum Gasteiger partial charge on any atom is 0.0766 e. The van der Waals surface area contributed by atoms with E-state index < -0.39 is 0 Å². The number of anilines is 1. The molecule has 0 amide bonds. The molecule has 1 heterocycles. The van der Waals surface area contributed by atoms with Crippen LogP contribution in [-0.2, 0) is 0 Å². The van der Waals surface area contributed by atoms with Crippen LogP contribution in [0.4, 0.5) is 5.69 Å². The summed E-state index contributed by atoms with van der Waals surface area (Å²) in [7, 11) is 0. The van der Waals surface area contributed by atoms with Crippen molar-refractivity contribution in [3.8, 4) is 0 Å². The summed E-state index contributed by atoms with van der Waals surface area (Å²) in [6.07, 6.45) is 1.12. The zero-order valence-electron chi connectivity index (χ0n) is 10.5. The smallest absolute Gasteiger partial charge is 0.0766 e. The minimum absolute atomic E-state index is 0.994. The van der Waals surface area contributed by atoms with E-state index in [2.05, 4.69) is 58.3 Å². The summed E-state index contributed by atoms with van der Waals surface area (Å²) in [4.78, 5) is 4.63. The number of rotatable bonds is 3. The number of pyridine rings is 1. The number of aromatic nitrogens is 1. The lowest BCUT2D eigenvalue weighted by Gasteiger charge is -2.12. The zero-order chi connectivity index (χ0) is 12.4. The van der Waals surface area contributed by atoms with Gasteiger partial charge in [0.2, 0.25) is 0 Å². The Morgan fingerprint density at radius 2 is 2.06 bits per heavy atom. The Bertz CT molecular complexity index is 549. The molecule has 2 aromatic rings. The topological polar surface area (TPSA) is 24.9 Å². The highest BCUT2D eigenvalue weighted by Gasteiger charge is 2.07. The maximum absolute atomic E-state index is 4.63. The van der Waals surface area contributed by atoms with Gasteiger partial charge < -0.3 is 5.32 Å². The third kappa shape index (κ3) is 2.44. The van der Waals surface area contributed by atoms with Crippen molar-refractivity contribution in [1.29, 1.82) is 0 Å². The summed E-state index contributed by atoms with van der Waals surface area (Å²) in [6.45, 7) is 7.30. The van der Waals surface area contributed by atoms with Gasteiger partial charge in [0.15, 0.2) is 0 Å². The highest BCUT2D eigenvalue weighted by molar-refractivity contribution is 9.10. The summed E-state index contributed by atoms with van der Waals surface area (Å²) in [5.41, 5.74) is 4.52. The fraction of sp³-hybridized carbons (Fsp3) is 0.357. The number of benzene rings is 1. The Morgan fingerprint density at radius 1 is 1.29 bits per heavy atom. The predicted molar refractivity (Wildman–Crippen MR) is 77.7 cm³/mol. The second-order valence-electron chi connectivity index (χ2n) is 4.31. The van der Waals surface area contributed by atoms with Crippen molar-refractivity contribution in [2.24, 2.45) is 0 Å². The molecule has 3 heteroatoms. The van der Waals surface area contributed by atoms with Gasteiger partial charge in [-0.1, -0.05) is 22.9 Å². The Morgan fingerprint density at radius 3 is 2.76 bits per heavy atom. The standard InChI is InChI=1S/C14H17BrN2/c1-4-7-16-13-8-9(2)17-14-10(3)12(15)6-5-11(13)14/h5-6,8H,4,7H2,1-3H3,(H,16,17). The van der Waals surface area contributed by atoms with E-state index in [0.29, 0.717) is 0 Å². The second-order valence-corrected chi connectivity index (χ2v) is 5.16. The Hall–Kier alpha value is -1.09. The Balaban J connectivity index is 2.64. The predicted octanol–water partition coefficient (Wildman–Crippen LogP) is 4.44. The second kappa shape index (κ2) is 5.05. The van der Waals surface area contributed by atoms with Crippen LogP contribution in [0.3, 0.4) is 0 Å². The average molecular weight is 293 g/mol. The van der Waals surface area contributed by atoms with Gasteiger partial charge >= 0.3 is 0 Å². The van der Waals surface area contributed by atoms with Gasteiger partial charge in [0, 0.05) is 27.8 Å². The Labute approximate surface area is 111 Å². The van der Waals surface area contributed by atoms with Crippen molar-refractivity contribution in [1.82, 2.24) is 4.98 Å². The van der Waals surface area contributed by atoms with E-state index >= 15 is 0 Å². The third-order valence-corrected chi connectivity index (χ3v) is 3.72. The van der Waals surface area contributed by atoms with E-state index in [1.54, 1.807) is 0 Å². The van der Waals surface area contributed by atoms with Gasteiger partial charge in [0.05, 0.1) is 5.52 Å². The molecule has 0 radical (unpaired) electrons. The first-order chi connectivity index (χ1) is 8.13. The van der Waals surface area contributed by atoms with Gasteiger partial charge in [0.25, 0.3) is 0 Å². The molecular formula is C14H17BrN2. The Kier molecular flexibility index (Phi) is 3.67. The van der Waals surface area contributed by atoms with Crippen molar-refractivity contribution in [3.05, 3.63) is 33.9 Å². The van der Waals surface area contributed by atoms with Crippen molar-refractivity contribution in [2.75, 3.05) is 11.9 Å². The molecule has 0 atom stereocenters. The molecule has 0 bridgehead atoms. The number of nitrogens with zero attached hydrogens (tertiary/aromatic N) is 1. The highest BCUT2D eigenvalue weighted by atomic mass is 79.9. The van der Waals surface area contributed by atoms with Crippen LogP contribution < -0.4 is 5.32 Å². The molecule has 0 spiro atoms. The molecule has 0 fully saturated rings. The average Bonchev–Trinajstić information content (AvgIpc) is 2.31. The number of hydrogen-bond acceptors (Lipinski definition) is 2. The fourth-order valence-electron chi connectivity index (χ4n) is 1.94. The monoisotopic (exact) mass is 292 g/mol. The summed E-state index contributed by atoms with van der Waals surface area (Å²) in [6, 6.07) is 6.33. The molecule has 2 nitrogen and oxygen atoms in total. The minimum Gasteiger partial charge on any atom is -0.384 e. The minimum atomic E-state index is 0.994. The van der Waals surface area contributed by atoms with Crippen molar-refractivity contribution < 1.29 is 0 Å². The molecule has 0 unspecified atom stereocenters. The molecule has 90 valence electrons. The lowest BCUT2D eigenvalue weighted by molar-refractivity contribution is 0.980. The van der Waals surface area contributed by atoms with Gasteiger partial charge in [-0.2, -0.15) is 0 Å². The fourth-order valence-corrected chi connectivity index (χ4v) is 2.26.